The van der Waals surface area contributed by atoms with Crippen molar-refractivity contribution >= 4 is 21.7 Å². The highest BCUT2D eigenvalue weighted by molar-refractivity contribution is 9.10. The highest BCUT2D eigenvalue weighted by Gasteiger charge is 2.02. The lowest BCUT2D eigenvalue weighted by Crippen LogP contribution is -2.10. The third-order valence-electron chi connectivity index (χ3n) is 2.27. The van der Waals surface area contributed by atoms with Gasteiger partial charge in [-0.3, -0.25) is 0 Å². The van der Waals surface area contributed by atoms with Crippen LogP contribution in [0.4, 0.5) is 5.82 Å². The molecular weight excluding hydrogens is 284 g/mol. The molecule has 0 aliphatic carbocycles. The summed E-state index contributed by atoms with van der Waals surface area (Å²) in [7, 11) is 1.93. The van der Waals surface area contributed by atoms with Crippen LogP contribution in [0.25, 0.3) is 0 Å². The summed E-state index contributed by atoms with van der Waals surface area (Å²) in [6.45, 7) is 2.62. The van der Waals surface area contributed by atoms with Crippen molar-refractivity contribution in [3.05, 3.63) is 28.6 Å². The predicted molar refractivity (Wildman–Crippen MR) is 67.7 cm³/mol. The third-order valence-corrected chi connectivity index (χ3v) is 2.67. The van der Waals surface area contributed by atoms with Crippen molar-refractivity contribution in [1.82, 2.24) is 24.7 Å². The van der Waals surface area contributed by atoms with Gasteiger partial charge in [0, 0.05) is 26.1 Å². The quantitative estimate of drug-likeness (QED) is 0.862. The molecule has 0 unspecified atom stereocenters. The summed E-state index contributed by atoms with van der Waals surface area (Å²) in [6, 6.07) is 1.85. The first-order valence-corrected chi connectivity index (χ1v) is 6.02. The Bertz CT molecular complexity index is 489. The summed E-state index contributed by atoms with van der Waals surface area (Å²) >= 11 is 3.34. The van der Waals surface area contributed by atoms with Crippen molar-refractivity contribution < 1.29 is 0 Å². The number of hydrogen-bond acceptors (Lipinski definition) is 5. The molecule has 1 N–H and O–H groups in total. The first kappa shape index (κ1) is 12.0. The Morgan fingerprint density at radius 2 is 2.24 bits per heavy atom. The second-order valence-electron chi connectivity index (χ2n) is 3.66. The highest BCUT2D eigenvalue weighted by atomic mass is 79.9. The molecule has 0 fully saturated rings. The van der Waals surface area contributed by atoms with Gasteiger partial charge in [-0.25, -0.2) is 9.97 Å². The summed E-state index contributed by atoms with van der Waals surface area (Å²) in [6.07, 6.45) is 2.50. The van der Waals surface area contributed by atoms with E-state index in [9.17, 15) is 0 Å². The van der Waals surface area contributed by atoms with Gasteiger partial charge >= 0.3 is 0 Å². The molecule has 0 aliphatic heterocycles. The number of nitrogens with zero attached hydrogens (tertiary/aromatic N) is 5. The molecule has 0 atom stereocenters. The van der Waals surface area contributed by atoms with Crippen LogP contribution in [0.2, 0.25) is 0 Å². The second kappa shape index (κ2) is 5.22. The molecule has 7 heteroatoms. The standard InChI is InChI=1S/C10H13BrN6/c1-7-14-8(11)5-9(15-7)12-4-3-10-16-13-6-17(10)2/h5-6H,3-4H2,1-2H3,(H,12,14,15). The van der Waals surface area contributed by atoms with Gasteiger partial charge < -0.3 is 9.88 Å². The Labute approximate surface area is 108 Å². The molecule has 17 heavy (non-hydrogen) atoms. The van der Waals surface area contributed by atoms with Crippen LogP contribution in [0.3, 0.4) is 0 Å². The van der Waals surface area contributed by atoms with Gasteiger partial charge in [0.15, 0.2) is 0 Å². The van der Waals surface area contributed by atoms with Crippen LogP contribution in [0, 0.1) is 6.92 Å². The maximum absolute atomic E-state index is 4.28. The van der Waals surface area contributed by atoms with Crippen LogP contribution in [-0.4, -0.2) is 31.3 Å². The van der Waals surface area contributed by atoms with Gasteiger partial charge in [0.05, 0.1) is 0 Å². The van der Waals surface area contributed by atoms with Gasteiger partial charge in [0.2, 0.25) is 0 Å². The average Bonchev–Trinajstić information content (AvgIpc) is 2.63. The number of nitrogens with one attached hydrogen (secondary N) is 1. The lowest BCUT2D eigenvalue weighted by atomic mass is 10.4. The zero-order chi connectivity index (χ0) is 12.3. The fourth-order valence-electron chi connectivity index (χ4n) is 1.46. The van der Waals surface area contributed by atoms with Gasteiger partial charge in [-0.2, -0.15) is 0 Å². The monoisotopic (exact) mass is 296 g/mol. The molecule has 6 nitrogen and oxygen atoms in total. The maximum atomic E-state index is 4.28. The van der Waals surface area contributed by atoms with Crippen molar-refractivity contribution in [1.29, 1.82) is 0 Å². The summed E-state index contributed by atoms with van der Waals surface area (Å²) < 4.78 is 2.69. The molecule has 2 aromatic rings. The summed E-state index contributed by atoms with van der Waals surface area (Å²) in [5.41, 5.74) is 0. The average molecular weight is 297 g/mol. The molecule has 0 saturated heterocycles. The fourth-order valence-corrected chi connectivity index (χ4v) is 1.93. The SMILES string of the molecule is Cc1nc(Br)cc(NCCc2nncn2C)n1. The third kappa shape index (κ3) is 3.23. The van der Waals surface area contributed by atoms with Crippen LogP contribution in [0.1, 0.15) is 11.6 Å². The molecule has 0 saturated carbocycles. The first-order valence-electron chi connectivity index (χ1n) is 5.23. The fraction of sp³-hybridized carbons (Fsp3) is 0.400. The van der Waals surface area contributed by atoms with E-state index in [1.54, 1.807) is 6.33 Å². The smallest absolute Gasteiger partial charge is 0.134 e. The normalized spacial score (nSPS) is 10.5. The van der Waals surface area contributed by atoms with E-state index in [0.717, 1.165) is 35.0 Å². The number of anilines is 1. The molecule has 2 aromatic heterocycles. The van der Waals surface area contributed by atoms with Crippen LogP contribution in [0.15, 0.2) is 17.0 Å². The molecule has 0 spiro atoms. The molecule has 0 amide bonds. The Kier molecular flexibility index (Phi) is 3.68. The van der Waals surface area contributed by atoms with E-state index in [2.05, 4.69) is 41.4 Å². The molecular formula is C10H13BrN6. The Morgan fingerprint density at radius 1 is 1.41 bits per heavy atom. The summed E-state index contributed by atoms with van der Waals surface area (Å²) in [5.74, 6) is 2.49. The van der Waals surface area contributed by atoms with Crippen molar-refractivity contribution in [2.75, 3.05) is 11.9 Å². The molecule has 0 bridgehead atoms. The van der Waals surface area contributed by atoms with E-state index in [0.29, 0.717) is 0 Å². The van der Waals surface area contributed by atoms with E-state index in [1.807, 2.05) is 24.6 Å². The lowest BCUT2D eigenvalue weighted by molar-refractivity contribution is 0.786. The van der Waals surface area contributed by atoms with Crippen LogP contribution >= 0.6 is 15.9 Å². The number of aryl methyl sites for hydroxylation is 2. The first-order chi connectivity index (χ1) is 8.15. The minimum Gasteiger partial charge on any atom is -0.369 e. The molecule has 0 aromatic carbocycles. The van der Waals surface area contributed by atoms with Gasteiger partial charge in [0.1, 0.15) is 28.4 Å². The van der Waals surface area contributed by atoms with Gasteiger partial charge in [-0.1, -0.05) is 0 Å². The Morgan fingerprint density at radius 3 is 2.88 bits per heavy atom. The lowest BCUT2D eigenvalue weighted by Gasteiger charge is -2.06. The van der Waals surface area contributed by atoms with Crippen LogP contribution < -0.4 is 5.32 Å². The van der Waals surface area contributed by atoms with Crippen molar-refractivity contribution in [2.24, 2.45) is 7.05 Å². The van der Waals surface area contributed by atoms with Crippen molar-refractivity contribution in [2.45, 2.75) is 13.3 Å². The van der Waals surface area contributed by atoms with Crippen molar-refractivity contribution in [3.63, 3.8) is 0 Å². The van der Waals surface area contributed by atoms with Crippen LogP contribution in [-0.2, 0) is 13.5 Å². The molecule has 0 aliphatic rings. The van der Waals surface area contributed by atoms with Gasteiger partial charge in [0.25, 0.3) is 0 Å². The molecule has 90 valence electrons. The molecule has 0 radical (unpaired) electrons. The van der Waals surface area contributed by atoms with E-state index >= 15 is 0 Å². The van der Waals surface area contributed by atoms with E-state index in [4.69, 9.17) is 0 Å². The van der Waals surface area contributed by atoms with Gasteiger partial charge in [-0.05, 0) is 22.9 Å². The van der Waals surface area contributed by atoms with E-state index in [-0.39, 0.29) is 0 Å². The second-order valence-corrected chi connectivity index (χ2v) is 4.47. The number of aromatic nitrogens is 5. The predicted octanol–water partition coefficient (Wildman–Crippen LogP) is 1.33. The number of rotatable bonds is 4. The summed E-state index contributed by atoms with van der Waals surface area (Å²) in [4.78, 5) is 8.43. The molecule has 2 rings (SSSR count). The molecule has 2 heterocycles. The largest absolute Gasteiger partial charge is 0.369 e. The minimum atomic E-state index is 0.737. The van der Waals surface area contributed by atoms with Gasteiger partial charge in [-0.15, -0.1) is 10.2 Å². The van der Waals surface area contributed by atoms with E-state index < -0.39 is 0 Å². The minimum absolute atomic E-state index is 0.737. The summed E-state index contributed by atoms with van der Waals surface area (Å²) in [5, 5.41) is 11.1. The topological polar surface area (TPSA) is 68.5 Å². The number of hydrogen-bond donors (Lipinski definition) is 1. The zero-order valence-corrected chi connectivity index (χ0v) is 11.3. The Hall–Kier alpha value is -1.50. The van der Waals surface area contributed by atoms with Crippen molar-refractivity contribution in [3.8, 4) is 0 Å². The highest BCUT2D eigenvalue weighted by Crippen LogP contribution is 2.11. The van der Waals surface area contributed by atoms with Crippen LogP contribution in [0.5, 0.6) is 0 Å². The zero-order valence-electron chi connectivity index (χ0n) is 9.68. The van der Waals surface area contributed by atoms with E-state index in [1.165, 1.54) is 0 Å². The maximum Gasteiger partial charge on any atom is 0.134 e. The number of halogens is 1. The Balaban J connectivity index is 1.92.